The van der Waals surface area contributed by atoms with Crippen LogP contribution >= 0.6 is 0 Å². The van der Waals surface area contributed by atoms with Crippen molar-refractivity contribution in [2.24, 2.45) is 0 Å². The number of hydrogen-bond donors (Lipinski definition) is 2. The molecule has 0 saturated carbocycles. The fourth-order valence-electron chi connectivity index (χ4n) is 3.15. The third-order valence-electron chi connectivity index (χ3n) is 4.62. The molecule has 0 radical (unpaired) electrons. The van der Waals surface area contributed by atoms with E-state index in [2.05, 4.69) is 20.6 Å². The summed E-state index contributed by atoms with van der Waals surface area (Å²) in [5.74, 6) is -0.297. The number of carbonyl (C=O) groups excluding carboxylic acids is 1. The van der Waals surface area contributed by atoms with Gasteiger partial charge in [-0.05, 0) is 36.8 Å². The predicted molar refractivity (Wildman–Crippen MR) is 104 cm³/mol. The molecule has 0 aliphatic carbocycles. The first kappa shape index (κ1) is 19.6. The van der Waals surface area contributed by atoms with Crippen molar-refractivity contribution in [3.63, 3.8) is 0 Å². The summed E-state index contributed by atoms with van der Waals surface area (Å²) in [7, 11) is 0. The molecule has 0 fully saturated rings. The van der Waals surface area contributed by atoms with Crippen LogP contribution in [-0.2, 0) is 6.18 Å². The largest absolute Gasteiger partial charge is 0.416 e. The van der Waals surface area contributed by atoms with E-state index in [-0.39, 0.29) is 28.2 Å². The summed E-state index contributed by atoms with van der Waals surface area (Å²) in [5.41, 5.74) is -0.393. The van der Waals surface area contributed by atoms with Crippen LogP contribution in [-0.4, -0.2) is 32.3 Å². The van der Waals surface area contributed by atoms with Gasteiger partial charge < -0.3 is 5.32 Å². The van der Waals surface area contributed by atoms with E-state index in [0.717, 1.165) is 18.6 Å². The molecule has 154 valence electrons. The molecule has 2 heterocycles. The van der Waals surface area contributed by atoms with Gasteiger partial charge in [0.05, 0.1) is 16.5 Å². The number of hydrogen-bond acceptors (Lipinski definition) is 4. The van der Waals surface area contributed by atoms with Gasteiger partial charge in [0.1, 0.15) is 5.69 Å². The van der Waals surface area contributed by atoms with Crippen LogP contribution in [0.15, 0.2) is 47.3 Å². The number of alkyl halides is 3. The first-order chi connectivity index (χ1) is 14.3. The number of amides is 1. The van der Waals surface area contributed by atoms with Crippen molar-refractivity contribution in [3.8, 4) is 11.3 Å². The summed E-state index contributed by atoms with van der Waals surface area (Å²) in [6.07, 6.45) is -3.74. The van der Waals surface area contributed by atoms with Crippen LogP contribution < -0.4 is 10.9 Å². The van der Waals surface area contributed by atoms with Gasteiger partial charge in [0.25, 0.3) is 11.5 Å². The van der Waals surface area contributed by atoms with Gasteiger partial charge in [0.2, 0.25) is 0 Å². The third kappa shape index (κ3) is 3.40. The standard InChI is InChI=1S/C20H16F3N5O2/c1-2-8-24-18(29)12-6-7-14-15(10-12)28-17(25-19(14)30)16(26-27-28)11-4-3-5-13(9-11)20(21,22)23/h3-7,9-10,27H,2,8H2,1H3,(H,24,29). The van der Waals surface area contributed by atoms with Gasteiger partial charge in [-0.2, -0.15) is 23.3 Å². The Kier molecular flexibility index (Phi) is 4.76. The number of carbonyl (C=O) groups is 1. The molecule has 2 aromatic heterocycles. The van der Waals surface area contributed by atoms with Crippen LogP contribution in [0.1, 0.15) is 29.3 Å². The second-order valence-electron chi connectivity index (χ2n) is 6.70. The molecule has 0 bridgehead atoms. The molecule has 2 N–H and O–H groups in total. The van der Waals surface area contributed by atoms with Crippen LogP contribution in [0.25, 0.3) is 27.8 Å². The Hall–Kier alpha value is -3.69. The van der Waals surface area contributed by atoms with Gasteiger partial charge in [-0.3, -0.25) is 9.59 Å². The van der Waals surface area contributed by atoms with E-state index in [1.165, 1.54) is 34.8 Å². The summed E-state index contributed by atoms with van der Waals surface area (Å²) < 4.78 is 40.6. The maximum absolute atomic E-state index is 13.1. The van der Waals surface area contributed by atoms with E-state index >= 15 is 0 Å². The highest BCUT2D eigenvalue weighted by Gasteiger charge is 2.31. The zero-order valence-electron chi connectivity index (χ0n) is 15.7. The summed E-state index contributed by atoms with van der Waals surface area (Å²) in [5, 5.41) is 9.75. The SMILES string of the molecule is CCCNC(=O)c1ccc2c(=O)nc3c(-c4cccc(C(F)(F)F)c4)n[nH]n3c2c1. The first-order valence-corrected chi connectivity index (χ1v) is 9.16. The molecule has 1 amide bonds. The van der Waals surface area contributed by atoms with Crippen molar-refractivity contribution in [1.82, 2.24) is 25.1 Å². The Morgan fingerprint density at radius 1 is 1.20 bits per heavy atom. The van der Waals surface area contributed by atoms with Crippen molar-refractivity contribution in [1.29, 1.82) is 0 Å². The van der Waals surface area contributed by atoms with E-state index in [9.17, 15) is 22.8 Å². The molecule has 0 atom stereocenters. The second kappa shape index (κ2) is 7.29. The molecule has 4 rings (SSSR count). The molecule has 30 heavy (non-hydrogen) atoms. The average molecular weight is 415 g/mol. The Balaban J connectivity index is 1.89. The molecule has 4 aromatic rings. The molecular weight excluding hydrogens is 399 g/mol. The summed E-state index contributed by atoms with van der Waals surface area (Å²) in [6, 6.07) is 9.14. The van der Waals surface area contributed by atoms with Gasteiger partial charge in [0.15, 0.2) is 5.65 Å². The minimum atomic E-state index is -4.51. The lowest BCUT2D eigenvalue weighted by Gasteiger charge is -2.08. The molecule has 10 heteroatoms. The van der Waals surface area contributed by atoms with E-state index < -0.39 is 17.3 Å². The zero-order chi connectivity index (χ0) is 21.5. The number of H-pyrrole nitrogens is 1. The van der Waals surface area contributed by atoms with E-state index in [4.69, 9.17) is 0 Å². The number of aromatic amines is 1. The maximum atomic E-state index is 13.1. The summed E-state index contributed by atoms with van der Waals surface area (Å²) in [6.45, 7) is 2.43. The number of aromatic nitrogens is 4. The van der Waals surface area contributed by atoms with Gasteiger partial charge in [0, 0.05) is 17.7 Å². The summed E-state index contributed by atoms with van der Waals surface area (Å²) in [4.78, 5) is 28.8. The van der Waals surface area contributed by atoms with Crippen LogP contribution in [0.2, 0.25) is 0 Å². The Labute approximate surface area is 167 Å². The number of fused-ring (bicyclic) bond motifs is 3. The number of nitrogens with one attached hydrogen (secondary N) is 2. The fraction of sp³-hybridized carbons (Fsp3) is 0.200. The highest BCUT2D eigenvalue weighted by molar-refractivity contribution is 5.98. The molecule has 0 unspecified atom stereocenters. The normalized spacial score (nSPS) is 11.9. The molecule has 7 nitrogen and oxygen atoms in total. The van der Waals surface area contributed by atoms with Gasteiger partial charge in [-0.1, -0.05) is 19.1 Å². The quantitative estimate of drug-likeness (QED) is 0.534. The van der Waals surface area contributed by atoms with Crippen LogP contribution in [0.4, 0.5) is 13.2 Å². The van der Waals surface area contributed by atoms with E-state index in [0.29, 0.717) is 17.6 Å². The molecule has 0 aliphatic heterocycles. The lowest BCUT2D eigenvalue weighted by atomic mass is 10.1. The summed E-state index contributed by atoms with van der Waals surface area (Å²) >= 11 is 0. The fourth-order valence-corrected chi connectivity index (χ4v) is 3.15. The Morgan fingerprint density at radius 2 is 2.00 bits per heavy atom. The molecule has 0 saturated heterocycles. The van der Waals surface area contributed by atoms with Crippen molar-refractivity contribution in [2.45, 2.75) is 19.5 Å². The minimum Gasteiger partial charge on any atom is -0.352 e. The van der Waals surface area contributed by atoms with Crippen LogP contribution in [0, 0.1) is 0 Å². The lowest BCUT2D eigenvalue weighted by molar-refractivity contribution is -0.137. The van der Waals surface area contributed by atoms with Gasteiger partial charge in [-0.25, -0.2) is 9.73 Å². The number of halogens is 3. The highest BCUT2D eigenvalue weighted by Crippen LogP contribution is 2.32. The second-order valence-corrected chi connectivity index (χ2v) is 6.70. The molecule has 0 spiro atoms. The van der Waals surface area contributed by atoms with Gasteiger partial charge >= 0.3 is 6.18 Å². The molecule has 0 aliphatic rings. The smallest absolute Gasteiger partial charge is 0.352 e. The number of rotatable bonds is 4. The van der Waals surface area contributed by atoms with E-state index in [1.807, 2.05) is 6.92 Å². The maximum Gasteiger partial charge on any atom is 0.416 e. The predicted octanol–water partition coefficient (Wildman–Crippen LogP) is 3.40. The van der Waals surface area contributed by atoms with Crippen LogP contribution in [0.5, 0.6) is 0 Å². The van der Waals surface area contributed by atoms with Crippen LogP contribution in [0.3, 0.4) is 0 Å². The van der Waals surface area contributed by atoms with E-state index in [1.54, 1.807) is 0 Å². The van der Waals surface area contributed by atoms with Crippen molar-refractivity contribution in [2.75, 3.05) is 6.54 Å². The Morgan fingerprint density at radius 3 is 2.73 bits per heavy atom. The monoisotopic (exact) mass is 415 g/mol. The topological polar surface area (TPSA) is 92.2 Å². The van der Waals surface area contributed by atoms with Crippen molar-refractivity contribution < 1.29 is 18.0 Å². The van der Waals surface area contributed by atoms with Crippen molar-refractivity contribution in [3.05, 3.63) is 63.9 Å². The number of nitrogens with zero attached hydrogens (tertiary/aromatic N) is 3. The van der Waals surface area contributed by atoms with Gasteiger partial charge in [-0.15, -0.1) is 0 Å². The molecular formula is C20H16F3N5O2. The first-order valence-electron chi connectivity index (χ1n) is 9.16. The molecule has 2 aromatic carbocycles. The minimum absolute atomic E-state index is 0.0675. The number of benzene rings is 2. The average Bonchev–Trinajstić information content (AvgIpc) is 3.15. The van der Waals surface area contributed by atoms with Crippen molar-refractivity contribution >= 4 is 22.5 Å². The zero-order valence-corrected chi connectivity index (χ0v) is 15.7. The third-order valence-corrected chi connectivity index (χ3v) is 4.62. The highest BCUT2D eigenvalue weighted by atomic mass is 19.4. The Bertz CT molecular complexity index is 1320. The lowest BCUT2D eigenvalue weighted by Crippen LogP contribution is -2.24.